The Morgan fingerprint density at radius 1 is 1.42 bits per heavy atom. The fourth-order valence-corrected chi connectivity index (χ4v) is 3.74. The number of fused-ring (bicyclic) bond motifs is 1. The quantitative estimate of drug-likeness (QED) is 0.897. The first-order valence-corrected chi connectivity index (χ1v) is 7.47. The fraction of sp³-hybridized carbons (Fsp3) is 0.625. The van der Waals surface area contributed by atoms with Gasteiger partial charge in [0, 0.05) is 30.7 Å². The van der Waals surface area contributed by atoms with E-state index in [1.165, 1.54) is 24.8 Å². The van der Waals surface area contributed by atoms with Crippen LogP contribution < -0.4 is 10.2 Å². The van der Waals surface area contributed by atoms with Gasteiger partial charge in [0.05, 0.1) is 0 Å². The summed E-state index contributed by atoms with van der Waals surface area (Å²) in [7, 11) is 0. The number of hydrogen-bond acceptors (Lipinski definition) is 2. The van der Waals surface area contributed by atoms with Crippen LogP contribution in [-0.4, -0.2) is 26.2 Å². The summed E-state index contributed by atoms with van der Waals surface area (Å²) in [5, 5.41) is 3.51. The lowest BCUT2D eigenvalue weighted by molar-refractivity contribution is 0.297. The van der Waals surface area contributed by atoms with Crippen molar-refractivity contribution in [3.05, 3.63) is 29.6 Å². The van der Waals surface area contributed by atoms with E-state index in [0.717, 1.165) is 38.3 Å². The fourth-order valence-electron chi connectivity index (χ4n) is 3.74. The van der Waals surface area contributed by atoms with Crippen molar-refractivity contribution < 1.29 is 4.39 Å². The van der Waals surface area contributed by atoms with Gasteiger partial charge in [0.25, 0.3) is 0 Å². The summed E-state index contributed by atoms with van der Waals surface area (Å²) in [6.07, 6.45) is 4.81. The van der Waals surface area contributed by atoms with Crippen molar-refractivity contribution in [3.63, 3.8) is 0 Å². The van der Waals surface area contributed by atoms with Crippen molar-refractivity contribution in [1.82, 2.24) is 5.32 Å². The Kier molecular flexibility index (Phi) is 3.48. The lowest BCUT2D eigenvalue weighted by Crippen LogP contribution is -2.38. The minimum atomic E-state index is -0.111. The smallest absolute Gasteiger partial charge is 0.125 e. The van der Waals surface area contributed by atoms with Crippen LogP contribution in [0.3, 0.4) is 0 Å². The lowest BCUT2D eigenvalue weighted by Gasteiger charge is -2.34. The van der Waals surface area contributed by atoms with Gasteiger partial charge in [-0.05, 0) is 43.5 Å². The molecule has 0 amide bonds. The summed E-state index contributed by atoms with van der Waals surface area (Å²) < 4.78 is 13.5. The minimum absolute atomic E-state index is 0.111. The molecular weight excluding hydrogens is 239 g/mol. The number of hydrogen-bond donors (Lipinski definition) is 1. The van der Waals surface area contributed by atoms with Crippen molar-refractivity contribution in [2.75, 3.05) is 31.1 Å². The third-order valence-electron chi connectivity index (χ3n) is 4.68. The Bertz CT molecular complexity index is 452. The molecule has 2 nitrogen and oxygen atoms in total. The van der Waals surface area contributed by atoms with Gasteiger partial charge in [-0.2, -0.15) is 0 Å². The Morgan fingerprint density at radius 3 is 3.05 bits per heavy atom. The van der Waals surface area contributed by atoms with E-state index in [1.54, 1.807) is 12.1 Å². The highest BCUT2D eigenvalue weighted by Crippen LogP contribution is 2.37. The molecule has 104 valence electrons. The van der Waals surface area contributed by atoms with Gasteiger partial charge in [0.15, 0.2) is 0 Å². The molecule has 1 N–H and O–H groups in total. The van der Waals surface area contributed by atoms with E-state index >= 15 is 0 Å². The summed E-state index contributed by atoms with van der Waals surface area (Å²) >= 11 is 0. The van der Waals surface area contributed by atoms with Crippen LogP contribution >= 0.6 is 0 Å². The summed E-state index contributed by atoms with van der Waals surface area (Å²) in [4.78, 5) is 2.40. The largest absolute Gasteiger partial charge is 0.370 e. The molecule has 19 heavy (non-hydrogen) atoms. The van der Waals surface area contributed by atoms with Crippen molar-refractivity contribution in [2.45, 2.75) is 32.6 Å². The number of rotatable bonds is 4. The first-order chi connectivity index (χ1) is 9.22. The van der Waals surface area contributed by atoms with Crippen LogP contribution in [0.4, 0.5) is 10.1 Å². The van der Waals surface area contributed by atoms with Gasteiger partial charge in [-0.15, -0.1) is 0 Å². The topological polar surface area (TPSA) is 15.3 Å². The van der Waals surface area contributed by atoms with Gasteiger partial charge < -0.3 is 10.2 Å². The Balaban J connectivity index is 1.79. The average Bonchev–Trinajstić information content (AvgIpc) is 2.99. The minimum Gasteiger partial charge on any atom is -0.370 e. The van der Waals surface area contributed by atoms with Crippen molar-refractivity contribution >= 4 is 5.69 Å². The van der Waals surface area contributed by atoms with Gasteiger partial charge in [-0.1, -0.05) is 19.4 Å². The van der Waals surface area contributed by atoms with Crippen molar-refractivity contribution in [1.29, 1.82) is 0 Å². The summed E-state index contributed by atoms with van der Waals surface area (Å²) in [5.74, 6) is -0.111. The number of benzene rings is 1. The Hall–Kier alpha value is -1.09. The molecule has 1 saturated heterocycles. The van der Waals surface area contributed by atoms with Crippen molar-refractivity contribution in [3.8, 4) is 0 Å². The van der Waals surface area contributed by atoms with Crippen LogP contribution in [-0.2, 0) is 6.42 Å². The maximum Gasteiger partial charge on any atom is 0.125 e. The SMILES string of the molecule is CCCC1(CN2CCc3ccc(F)cc32)CCNC1. The van der Waals surface area contributed by atoms with Crippen LogP contribution in [0.15, 0.2) is 18.2 Å². The molecule has 1 aromatic carbocycles. The highest BCUT2D eigenvalue weighted by atomic mass is 19.1. The molecule has 0 aliphatic carbocycles. The zero-order valence-corrected chi connectivity index (χ0v) is 11.7. The molecular formula is C16H23FN2. The number of nitrogens with zero attached hydrogens (tertiary/aromatic N) is 1. The molecule has 0 saturated carbocycles. The molecule has 1 unspecified atom stereocenters. The number of nitrogens with one attached hydrogen (secondary N) is 1. The van der Waals surface area contributed by atoms with Gasteiger partial charge in [0.1, 0.15) is 5.82 Å². The zero-order valence-electron chi connectivity index (χ0n) is 11.7. The van der Waals surface area contributed by atoms with Crippen LogP contribution in [0.5, 0.6) is 0 Å². The van der Waals surface area contributed by atoms with E-state index < -0.39 is 0 Å². The van der Waals surface area contributed by atoms with Gasteiger partial charge in [0.2, 0.25) is 0 Å². The molecule has 0 bridgehead atoms. The Morgan fingerprint density at radius 2 is 2.32 bits per heavy atom. The maximum absolute atomic E-state index is 13.5. The summed E-state index contributed by atoms with van der Waals surface area (Å²) in [6, 6.07) is 5.25. The monoisotopic (exact) mass is 262 g/mol. The van der Waals surface area contributed by atoms with Crippen molar-refractivity contribution in [2.24, 2.45) is 5.41 Å². The molecule has 0 aromatic heterocycles. The van der Waals surface area contributed by atoms with E-state index in [1.807, 2.05) is 6.07 Å². The third kappa shape index (κ3) is 2.48. The van der Waals surface area contributed by atoms with Crippen LogP contribution in [0.1, 0.15) is 31.7 Å². The van der Waals surface area contributed by atoms with Gasteiger partial charge >= 0.3 is 0 Å². The number of halogens is 1. The van der Waals surface area contributed by atoms with E-state index in [-0.39, 0.29) is 5.82 Å². The molecule has 3 rings (SSSR count). The second-order valence-corrected chi connectivity index (χ2v) is 6.12. The van der Waals surface area contributed by atoms with Crippen LogP contribution in [0, 0.1) is 11.2 Å². The second kappa shape index (κ2) is 5.12. The maximum atomic E-state index is 13.5. The summed E-state index contributed by atoms with van der Waals surface area (Å²) in [6.45, 7) is 6.62. The molecule has 1 fully saturated rings. The highest BCUT2D eigenvalue weighted by molar-refractivity contribution is 5.58. The Labute approximate surface area is 115 Å². The van der Waals surface area contributed by atoms with E-state index in [2.05, 4.69) is 17.1 Å². The molecule has 0 spiro atoms. The van der Waals surface area contributed by atoms with Crippen LogP contribution in [0.25, 0.3) is 0 Å². The van der Waals surface area contributed by atoms with E-state index in [9.17, 15) is 4.39 Å². The normalized spacial score (nSPS) is 25.9. The van der Waals surface area contributed by atoms with Gasteiger partial charge in [-0.3, -0.25) is 0 Å². The van der Waals surface area contributed by atoms with Gasteiger partial charge in [-0.25, -0.2) is 4.39 Å². The zero-order chi connectivity index (χ0) is 13.3. The molecule has 3 heteroatoms. The summed E-state index contributed by atoms with van der Waals surface area (Å²) in [5.41, 5.74) is 2.82. The third-order valence-corrected chi connectivity index (χ3v) is 4.68. The predicted molar refractivity (Wildman–Crippen MR) is 77.1 cm³/mol. The van der Waals surface area contributed by atoms with E-state index in [4.69, 9.17) is 0 Å². The molecule has 1 aromatic rings. The molecule has 1 atom stereocenters. The molecule has 2 aliphatic rings. The van der Waals surface area contributed by atoms with Crippen LogP contribution in [0.2, 0.25) is 0 Å². The first kappa shape index (κ1) is 12.9. The standard InChI is InChI=1S/C16H23FN2/c1-2-6-16(7-8-18-11-16)12-19-9-5-13-3-4-14(17)10-15(13)19/h3-4,10,18H,2,5-9,11-12H2,1H3. The molecule has 0 radical (unpaired) electrons. The predicted octanol–water partition coefficient (Wildman–Crippen LogP) is 2.97. The second-order valence-electron chi connectivity index (χ2n) is 6.12. The average molecular weight is 262 g/mol. The van der Waals surface area contributed by atoms with E-state index in [0.29, 0.717) is 5.41 Å². The highest BCUT2D eigenvalue weighted by Gasteiger charge is 2.36. The molecule has 2 aliphatic heterocycles. The lowest BCUT2D eigenvalue weighted by atomic mass is 9.82. The molecule has 2 heterocycles. The number of anilines is 1. The first-order valence-electron chi connectivity index (χ1n) is 7.47.